The lowest BCUT2D eigenvalue weighted by molar-refractivity contribution is 0.251. The molecule has 0 aliphatic carbocycles. The van der Waals surface area contributed by atoms with Crippen molar-refractivity contribution in [3.05, 3.63) is 47.0 Å². The fourth-order valence-corrected chi connectivity index (χ4v) is 3.62. The number of rotatable bonds is 4. The zero-order valence-electron chi connectivity index (χ0n) is 20.4. The fraction of sp³-hybridized carbons (Fsp3) is 0.348. The monoisotopic (exact) mass is 482 g/mol. The number of halogens is 1. The molecule has 1 aromatic carbocycles. The van der Waals surface area contributed by atoms with E-state index in [4.69, 9.17) is 4.52 Å². The minimum Gasteiger partial charge on any atom is -0.357 e. The highest BCUT2D eigenvalue weighted by atomic mass is 19.1. The van der Waals surface area contributed by atoms with E-state index in [1.165, 1.54) is 21.9 Å². The molecule has 0 saturated carbocycles. The van der Waals surface area contributed by atoms with Gasteiger partial charge in [-0.15, -0.1) is 0 Å². The van der Waals surface area contributed by atoms with Gasteiger partial charge in [-0.1, -0.05) is 25.9 Å². The van der Waals surface area contributed by atoms with Gasteiger partial charge in [0.1, 0.15) is 11.6 Å². The van der Waals surface area contributed by atoms with Gasteiger partial charge in [-0.25, -0.2) is 19.0 Å². The minimum absolute atomic E-state index is 0.0957. The maximum absolute atomic E-state index is 14.7. The zero-order chi connectivity index (χ0) is 25.5. The van der Waals surface area contributed by atoms with Crippen LogP contribution < -0.4 is 25.8 Å². The van der Waals surface area contributed by atoms with E-state index in [1.807, 2.05) is 20.8 Å². The average molecular weight is 483 g/mol. The Bertz CT molecular complexity index is 1300. The molecule has 0 spiro atoms. The van der Waals surface area contributed by atoms with Gasteiger partial charge < -0.3 is 15.2 Å². The van der Waals surface area contributed by atoms with Crippen LogP contribution >= 0.6 is 0 Å². The first-order valence-corrected chi connectivity index (χ1v) is 10.9. The number of aryl methyl sites for hydroxylation is 1. The summed E-state index contributed by atoms with van der Waals surface area (Å²) in [6.07, 6.45) is 1.64. The van der Waals surface area contributed by atoms with Crippen molar-refractivity contribution in [2.45, 2.75) is 39.7 Å². The van der Waals surface area contributed by atoms with E-state index >= 15 is 0 Å². The number of hydrogen-bond donors (Lipinski definition) is 3. The van der Waals surface area contributed by atoms with Crippen LogP contribution in [0.3, 0.4) is 0 Å². The van der Waals surface area contributed by atoms with E-state index < -0.39 is 11.8 Å². The molecular weight excluding hydrogens is 455 g/mol. The van der Waals surface area contributed by atoms with E-state index in [0.717, 1.165) is 5.56 Å². The van der Waals surface area contributed by atoms with Gasteiger partial charge in [-0.05, 0) is 24.6 Å². The van der Waals surface area contributed by atoms with E-state index in [2.05, 4.69) is 31.1 Å². The Hall–Kier alpha value is -4.22. The Morgan fingerprint density at radius 3 is 2.60 bits per heavy atom. The Morgan fingerprint density at radius 1 is 1.20 bits per heavy atom. The minimum atomic E-state index is -0.712. The largest absolute Gasteiger partial charge is 0.357 e. The molecule has 4 rings (SSSR count). The standard InChI is InChI=1S/C23H27FN8O3/c1-12-7-14(24)15(27-21(33)28-18-9-17(30-35-18)23(2,3)4)8-16(12)32-11-13-10-26-20(25-5)29-19(13)31(6)22(32)34/h7-10H,11H2,1-6H3,(H,25,26,29)(H2,27,28,33). The third-order valence-corrected chi connectivity index (χ3v) is 5.57. The van der Waals surface area contributed by atoms with Gasteiger partial charge >= 0.3 is 12.1 Å². The Kier molecular flexibility index (Phi) is 6.05. The highest BCUT2D eigenvalue weighted by molar-refractivity contribution is 6.06. The van der Waals surface area contributed by atoms with Gasteiger partial charge in [0.2, 0.25) is 11.8 Å². The number of urea groups is 2. The van der Waals surface area contributed by atoms with Crippen LogP contribution in [0.4, 0.5) is 43.0 Å². The predicted molar refractivity (Wildman–Crippen MR) is 131 cm³/mol. The van der Waals surface area contributed by atoms with Gasteiger partial charge in [-0.2, -0.15) is 4.98 Å². The summed E-state index contributed by atoms with van der Waals surface area (Å²) >= 11 is 0. The highest BCUT2D eigenvalue weighted by Gasteiger charge is 2.32. The lowest BCUT2D eigenvalue weighted by atomic mass is 9.92. The number of carbonyl (C=O) groups excluding carboxylic acids is 2. The highest BCUT2D eigenvalue weighted by Crippen LogP contribution is 2.34. The number of carbonyl (C=O) groups is 2. The van der Waals surface area contributed by atoms with Gasteiger partial charge in [0.25, 0.3) is 0 Å². The van der Waals surface area contributed by atoms with Crippen LogP contribution in [-0.4, -0.2) is 41.3 Å². The van der Waals surface area contributed by atoms with Crippen molar-refractivity contribution in [3.63, 3.8) is 0 Å². The van der Waals surface area contributed by atoms with Crippen molar-refractivity contribution >= 4 is 41.1 Å². The number of fused-ring (bicyclic) bond motifs is 1. The van der Waals surface area contributed by atoms with E-state index in [9.17, 15) is 14.0 Å². The molecule has 3 heterocycles. The molecule has 0 radical (unpaired) electrons. The van der Waals surface area contributed by atoms with Crippen LogP contribution in [-0.2, 0) is 12.0 Å². The average Bonchev–Trinajstić information content (AvgIpc) is 3.27. The molecule has 1 aliphatic heterocycles. The molecule has 11 nitrogen and oxygen atoms in total. The summed E-state index contributed by atoms with van der Waals surface area (Å²) in [5, 5.41) is 11.8. The summed E-state index contributed by atoms with van der Waals surface area (Å²) in [7, 11) is 3.30. The Morgan fingerprint density at radius 2 is 1.94 bits per heavy atom. The number of anilines is 5. The van der Waals surface area contributed by atoms with Gasteiger partial charge in [0.15, 0.2) is 0 Å². The smallest absolute Gasteiger partial charge is 0.330 e. The molecule has 184 valence electrons. The van der Waals surface area contributed by atoms with Crippen molar-refractivity contribution in [2.75, 3.05) is 39.8 Å². The first-order valence-electron chi connectivity index (χ1n) is 10.9. The van der Waals surface area contributed by atoms with Crippen molar-refractivity contribution in [1.29, 1.82) is 0 Å². The molecule has 3 N–H and O–H groups in total. The lowest BCUT2D eigenvalue weighted by Gasteiger charge is -2.35. The normalized spacial score (nSPS) is 13.5. The maximum atomic E-state index is 14.7. The van der Waals surface area contributed by atoms with Crippen LogP contribution in [0.25, 0.3) is 0 Å². The second kappa shape index (κ2) is 8.85. The predicted octanol–water partition coefficient (Wildman–Crippen LogP) is 4.47. The molecule has 35 heavy (non-hydrogen) atoms. The molecule has 2 aromatic heterocycles. The molecule has 4 amide bonds. The van der Waals surface area contributed by atoms with Crippen molar-refractivity contribution < 1.29 is 18.5 Å². The summed E-state index contributed by atoms with van der Waals surface area (Å²) in [5.74, 6) is 0.374. The molecule has 0 bridgehead atoms. The molecule has 0 fully saturated rings. The maximum Gasteiger partial charge on any atom is 0.330 e. The van der Waals surface area contributed by atoms with Crippen molar-refractivity contribution in [2.24, 2.45) is 0 Å². The number of nitrogens with zero attached hydrogens (tertiary/aromatic N) is 5. The molecule has 0 saturated heterocycles. The summed E-state index contributed by atoms with van der Waals surface area (Å²) in [5.41, 5.74) is 2.00. The topological polar surface area (TPSA) is 129 Å². The van der Waals surface area contributed by atoms with E-state index in [1.54, 1.807) is 33.3 Å². The fourth-order valence-electron chi connectivity index (χ4n) is 3.62. The van der Waals surface area contributed by atoms with Crippen molar-refractivity contribution in [1.82, 2.24) is 15.1 Å². The summed E-state index contributed by atoms with van der Waals surface area (Å²) in [4.78, 5) is 37.1. The first-order chi connectivity index (χ1) is 16.5. The van der Waals surface area contributed by atoms with Crippen molar-refractivity contribution in [3.8, 4) is 0 Å². The lowest BCUT2D eigenvalue weighted by Crippen LogP contribution is -2.46. The Balaban J connectivity index is 1.57. The van der Waals surface area contributed by atoms with Crippen LogP contribution in [0, 0.1) is 12.7 Å². The van der Waals surface area contributed by atoms with E-state index in [-0.39, 0.29) is 29.6 Å². The zero-order valence-corrected chi connectivity index (χ0v) is 20.4. The number of amides is 4. The summed E-state index contributed by atoms with van der Waals surface area (Å²) in [6.45, 7) is 7.76. The number of benzene rings is 1. The molecule has 0 atom stereocenters. The molecule has 0 unspecified atom stereocenters. The summed E-state index contributed by atoms with van der Waals surface area (Å²) < 4.78 is 19.9. The van der Waals surface area contributed by atoms with Gasteiger partial charge in [0.05, 0.1) is 23.6 Å². The molecular formula is C23H27FN8O3. The van der Waals surface area contributed by atoms with Gasteiger partial charge in [0, 0.05) is 37.3 Å². The van der Waals surface area contributed by atoms with Crippen LogP contribution in [0.5, 0.6) is 0 Å². The third-order valence-electron chi connectivity index (χ3n) is 5.57. The Labute approximate surface area is 201 Å². The first kappa shape index (κ1) is 23.9. The van der Waals surface area contributed by atoms with E-state index in [0.29, 0.717) is 28.7 Å². The molecule has 3 aromatic rings. The van der Waals surface area contributed by atoms with Gasteiger partial charge in [-0.3, -0.25) is 15.1 Å². The number of aromatic nitrogens is 3. The SMILES string of the molecule is CNc1ncc2c(n1)N(C)C(=O)N(c1cc(NC(=O)Nc3cc(C(C)(C)C)no3)c(F)cc1C)C2. The van der Waals surface area contributed by atoms with Crippen LogP contribution in [0.1, 0.15) is 37.6 Å². The number of hydrogen-bond acceptors (Lipinski definition) is 7. The second-order valence-corrected chi connectivity index (χ2v) is 9.24. The summed E-state index contributed by atoms with van der Waals surface area (Å²) in [6, 6.07) is 3.23. The second-order valence-electron chi connectivity index (χ2n) is 9.24. The quantitative estimate of drug-likeness (QED) is 0.500. The third kappa shape index (κ3) is 4.72. The number of nitrogens with one attached hydrogen (secondary N) is 3. The molecule has 1 aliphatic rings. The molecule has 12 heteroatoms. The van der Waals surface area contributed by atoms with Crippen LogP contribution in [0.2, 0.25) is 0 Å². The van der Waals surface area contributed by atoms with Crippen LogP contribution in [0.15, 0.2) is 28.9 Å².